The van der Waals surface area contributed by atoms with Crippen LogP contribution in [0, 0.1) is 11.3 Å². The van der Waals surface area contributed by atoms with Gasteiger partial charge in [0.05, 0.1) is 5.52 Å². The molecule has 5 nitrogen and oxygen atoms in total. The molecule has 0 unspecified atom stereocenters. The summed E-state index contributed by atoms with van der Waals surface area (Å²) in [6, 6.07) is 9.22. The number of rotatable bonds is 1. The van der Waals surface area contributed by atoms with Crippen LogP contribution in [-0.4, -0.2) is 9.97 Å². The van der Waals surface area contributed by atoms with Gasteiger partial charge < -0.3 is 5.43 Å². The normalized spacial score (nSPS) is 9.71. The number of nitrogen functional groups attached to an aromatic ring is 1. The molecule has 0 aliphatic carbocycles. The highest BCUT2D eigenvalue weighted by Gasteiger charge is 2.04. The van der Waals surface area contributed by atoms with E-state index in [1.165, 1.54) is 0 Å². The Morgan fingerprint density at radius 1 is 1.29 bits per heavy atom. The smallest absolute Gasteiger partial charge is 0.234 e. The van der Waals surface area contributed by atoms with Crippen molar-refractivity contribution in [3.8, 4) is 6.07 Å². The van der Waals surface area contributed by atoms with E-state index in [0.29, 0.717) is 11.3 Å². The first kappa shape index (κ1) is 8.41. The summed E-state index contributed by atoms with van der Waals surface area (Å²) < 4.78 is 0. The SMILES string of the molecule is N#Cc1nc(NN)c2ccccc2n1. The van der Waals surface area contributed by atoms with Gasteiger partial charge in [0.1, 0.15) is 6.07 Å². The van der Waals surface area contributed by atoms with Gasteiger partial charge in [0.25, 0.3) is 0 Å². The number of aromatic nitrogens is 2. The van der Waals surface area contributed by atoms with Crippen molar-refractivity contribution in [2.45, 2.75) is 0 Å². The molecule has 5 heteroatoms. The van der Waals surface area contributed by atoms with Gasteiger partial charge in [0.2, 0.25) is 5.82 Å². The van der Waals surface area contributed by atoms with Crippen molar-refractivity contribution in [1.29, 1.82) is 5.26 Å². The lowest BCUT2D eigenvalue weighted by Crippen LogP contribution is -2.10. The second-order valence-corrected chi connectivity index (χ2v) is 2.67. The fraction of sp³-hybridized carbons (Fsp3) is 0. The van der Waals surface area contributed by atoms with Crippen LogP contribution in [0.4, 0.5) is 5.82 Å². The highest BCUT2D eigenvalue weighted by Crippen LogP contribution is 2.18. The third-order valence-corrected chi connectivity index (χ3v) is 1.84. The van der Waals surface area contributed by atoms with Crippen LogP contribution >= 0.6 is 0 Å². The maximum atomic E-state index is 8.67. The fourth-order valence-electron chi connectivity index (χ4n) is 1.24. The molecule has 3 N–H and O–H groups in total. The number of fused-ring (bicyclic) bond motifs is 1. The van der Waals surface area contributed by atoms with Crippen molar-refractivity contribution in [2.75, 3.05) is 5.43 Å². The van der Waals surface area contributed by atoms with Crippen LogP contribution in [0.25, 0.3) is 10.9 Å². The molecule has 0 aliphatic heterocycles. The Morgan fingerprint density at radius 2 is 2.07 bits per heavy atom. The number of nitrogens with zero attached hydrogens (tertiary/aromatic N) is 3. The van der Waals surface area contributed by atoms with Crippen molar-refractivity contribution < 1.29 is 0 Å². The van der Waals surface area contributed by atoms with Crippen molar-refractivity contribution in [2.24, 2.45) is 5.84 Å². The predicted molar refractivity (Wildman–Crippen MR) is 52.1 cm³/mol. The molecule has 2 rings (SSSR count). The maximum Gasteiger partial charge on any atom is 0.234 e. The van der Waals surface area contributed by atoms with Gasteiger partial charge in [-0.1, -0.05) is 12.1 Å². The second kappa shape index (κ2) is 3.28. The average molecular weight is 185 g/mol. The summed E-state index contributed by atoms with van der Waals surface area (Å²) in [5.41, 5.74) is 3.14. The van der Waals surface area contributed by atoms with Gasteiger partial charge in [0, 0.05) is 5.39 Å². The van der Waals surface area contributed by atoms with Gasteiger partial charge in [-0.3, -0.25) is 0 Å². The van der Waals surface area contributed by atoms with Gasteiger partial charge >= 0.3 is 0 Å². The Balaban J connectivity index is 2.81. The van der Waals surface area contributed by atoms with Gasteiger partial charge in [-0.05, 0) is 12.1 Å². The number of para-hydroxylation sites is 1. The molecule has 0 aliphatic rings. The van der Waals surface area contributed by atoms with E-state index in [1.54, 1.807) is 6.07 Å². The zero-order chi connectivity index (χ0) is 9.97. The van der Waals surface area contributed by atoms with E-state index in [2.05, 4.69) is 15.4 Å². The van der Waals surface area contributed by atoms with Crippen LogP contribution in [0.5, 0.6) is 0 Å². The third kappa shape index (κ3) is 1.24. The zero-order valence-corrected chi connectivity index (χ0v) is 7.23. The molecule has 68 valence electrons. The van der Waals surface area contributed by atoms with E-state index in [0.717, 1.165) is 5.39 Å². The van der Waals surface area contributed by atoms with E-state index in [9.17, 15) is 0 Å². The highest BCUT2D eigenvalue weighted by atomic mass is 15.3. The fourth-order valence-corrected chi connectivity index (χ4v) is 1.24. The Labute approximate surface area is 80.2 Å². The quantitative estimate of drug-likeness (QED) is 0.506. The lowest BCUT2D eigenvalue weighted by molar-refractivity contribution is 1.13. The minimum atomic E-state index is 0.108. The Bertz CT molecular complexity index is 514. The van der Waals surface area contributed by atoms with Crippen LogP contribution in [0.3, 0.4) is 0 Å². The van der Waals surface area contributed by atoms with Crippen molar-refractivity contribution in [1.82, 2.24) is 9.97 Å². The van der Waals surface area contributed by atoms with Gasteiger partial charge in [0.15, 0.2) is 5.82 Å². The second-order valence-electron chi connectivity index (χ2n) is 2.67. The molecule has 2 aromatic rings. The van der Waals surface area contributed by atoms with Crippen molar-refractivity contribution >= 4 is 16.7 Å². The highest BCUT2D eigenvalue weighted by molar-refractivity contribution is 5.88. The van der Waals surface area contributed by atoms with Crippen molar-refractivity contribution in [3.63, 3.8) is 0 Å². The molecule has 0 saturated carbocycles. The van der Waals surface area contributed by atoms with Gasteiger partial charge in [-0.25, -0.2) is 10.8 Å². The summed E-state index contributed by atoms with van der Waals surface area (Å²) in [7, 11) is 0. The van der Waals surface area contributed by atoms with E-state index in [4.69, 9.17) is 11.1 Å². The molecule has 0 atom stereocenters. The monoisotopic (exact) mass is 185 g/mol. The summed E-state index contributed by atoms with van der Waals surface area (Å²) in [6.07, 6.45) is 0. The molecule has 0 fully saturated rings. The molecule has 0 saturated heterocycles. The number of hydrogen-bond donors (Lipinski definition) is 2. The number of nitriles is 1. The summed E-state index contributed by atoms with van der Waals surface area (Å²) in [6.45, 7) is 0. The van der Waals surface area contributed by atoms with Crippen LogP contribution in [-0.2, 0) is 0 Å². The average Bonchev–Trinajstić information content (AvgIpc) is 2.27. The summed E-state index contributed by atoms with van der Waals surface area (Å²) >= 11 is 0. The molecule has 1 heterocycles. The van der Waals surface area contributed by atoms with E-state index in [-0.39, 0.29) is 5.82 Å². The molecule has 1 aromatic heterocycles. The molecular formula is C9H7N5. The first-order valence-corrected chi connectivity index (χ1v) is 3.98. The number of nitrogens with two attached hydrogens (primary N) is 1. The Hall–Kier alpha value is -2.19. The number of benzene rings is 1. The standard InChI is InChI=1S/C9H7N5/c10-5-8-12-7-4-2-1-3-6(7)9(13-8)14-11/h1-4H,11H2,(H,12,13,14). The van der Waals surface area contributed by atoms with E-state index < -0.39 is 0 Å². The summed E-state index contributed by atoms with van der Waals surface area (Å²) in [5.74, 6) is 5.86. The van der Waals surface area contributed by atoms with Crippen molar-refractivity contribution in [3.05, 3.63) is 30.1 Å². The minimum absolute atomic E-state index is 0.108. The van der Waals surface area contributed by atoms with E-state index in [1.807, 2.05) is 24.3 Å². The molecule has 0 amide bonds. The minimum Gasteiger partial charge on any atom is -0.308 e. The molecule has 1 aromatic carbocycles. The summed E-state index contributed by atoms with van der Waals surface area (Å²) in [5, 5.41) is 9.47. The largest absolute Gasteiger partial charge is 0.308 e. The first-order valence-electron chi connectivity index (χ1n) is 3.98. The Kier molecular flexibility index (Phi) is 1.97. The molecule has 0 radical (unpaired) electrons. The molecule has 0 bridgehead atoms. The predicted octanol–water partition coefficient (Wildman–Crippen LogP) is 0.787. The topological polar surface area (TPSA) is 87.6 Å². The van der Waals surface area contributed by atoms with Gasteiger partial charge in [-0.2, -0.15) is 10.2 Å². The van der Waals surface area contributed by atoms with Crippen LogP contribution in [0.2, 0.25) is 0 Å². The molecule has 14 heavy (non-hydrogen) atoms. The van der Waals surface area contributed by atoms with Gasteiger partial charge in [-0.15, -0.1) is 0 Å². The lowest BCUT2D eigenvalue weighted by Gasteiger charge is -2.03. The maximum absolute atomic E-state index is 8.67. The van der Waals surface area contributed by atoms with Crippen LogP contribution < -0.4 is 11.3 Å². The molecule has 0 spiro atoms. The number of nitrogens with one attached hydrogen (secondary N) is 1. The van der Waals surface area contributed by atoms with Crippen LogP contribution in [0.15, 0.2) is 24.3 Å². The number of hydrazine groups is 1. The number of hydrogen-bond acceptors (Lipinski definition) is 5. The number of anilines is 1. The van der Waals surface area contributed by atoms with E-state index >= 15 is 0 Å². The first-order chi connectivity index (χ1) is 6.85. The van der Waals surface area contributed by atoms with Crippen LogP contribution in [0.1, 0.15) is 5.82 Å². The third-order valence-electron chi connectivity index (χ3n) is 1.84. The lowest BCUT2D eigenvalue weighted by atomic mass is 10.2. The Morgan fingerprint density at radius 3 is 2.79 bits per heavy atom. The summed E-state index contributed by atoms with van der Waals surface area (Å²) in [4.78, 5) is 7.96. The molecular weight excluding hydrogens is 178 g/mol. The zero-order valence-electron chi connectivity index (χ0n) is 7.23.